The highest BCUT2D eigenvalue weighted by Crippen LogP contribution is 2.36. The van der Waals surface area contributed by atoms with Crippen LogP contribution in [0.25, 0.3) is 11.1 Å². The molecular formula is C25H29FN2O2. The Morgan fingerprint density at radius 2 is 1.87 bits per heavy atom. The number of hydrogen-bond donors (Lipinski definition) is 1. The van der Waals surface area contributed by atoms with Gasteiger partial charge in [0.15, 0.2) is 0 Å². The normalized spacial score (nSPS) is 21.3. The number of halogens is 1. The fraction of sp³-hybridized carbons (Fsp3) is 0.440. The number of likely N-dealkylation sites (tertiary alicyclic amines) is 1. The number of rotatable bonds is 6. The largest absolute Gasteiger partial charge is 0.353 e. The van der Waals surface area contributed by atoms with Gasteiger partial charge in [0.2, 0.25) is 11.8 Å². The minimum absolute atomic E-state index is 0.0646. The van der Waals surface area contributed by atoms with E-state index in [1.54, 1.807) is 6.07 Å². The van der Waals surface area contributed by atoms with Crippen LogP contribution in [0.2, 0.25) is 0 Å². The number of nitrogens with zero attached hydrogens (tertiary/aromatic N) is 1. The monoisotopic (exact) mass is 408 g/mol. The standard InChI is InChI=1S/C25H29FN2O2/c1-2-23(29)28-13-5-12-25(17-28,24(30)27-22-10-11-22)16-18-6-3-7-19(14-18)20-8-4-9-21(26)15-20/h3-4,6-9,14-15,22H,2,5,10-13,16-17H2,1H3,(H,27,30). The molecule has 0 spiro atoms. The molecule has 1 aliphatic carbocycles. The van der Waals surface area contributed by atoms with E-state index in [1.807, 2.05) is 42.2 Å². The van der Waals surface area contributed by atoms with Crippen LogP contribution in [0.5, 0.6) is 0 Å². The zero-order valence-electron chi connectivity index (χ0n) is 17.5. The van der Waals surface area contributed by atoms with Crippen molar-refractivity contribution in [3.63, 3.8) is 0 Å². The smallest absolute Gasteiger partial charge is 0.228 e. The van der Waals surface area contributed by atoms with Crippen LogP contribution in [-0.4, -0.2) is 35.8 Å². The van der Waals surface area contributed by atoms with Crippen LogP contribution in [0.4, 0.5) is 4.39 Å². The topological polar surface area (TPSA) is 49.4 Å². The van der Waals surface area contributed by atoms with Gasteiger partial charge in [-0.05, 0) is 60.9 Å². The number of amides is 2. The van der Waals surface area contributed by atoms with E-state index < -0.39 is 5.41 Å². The summed E-state index contributed by atoms with van der Waals surface area (Å²) in [6.45, 7) is 3.04. The zero-order valence-corrected chi connectivity index (χ0v) is 17.5. The maximum atomic E-state index is 13.7. The van der Waals surface area contributed by atoms with Crippen molar-refractivity contribution in [2.45, 2.75) is 51.5 Å². The lowest BCUT2D eigenvalue weighted by Crippen LogP contribution is -2.54. The summed E-state index contributed by atoms with van der Waals surface area (Å²) in [5.41, 5.74) is 2.17. The maximum absolute atomic E-state index is 13.7. The molecule has 2 fully saturated rings. The third-order valence-corrected chi connectivity index (χ3v) is 6.25. The maximum Gasteiger partial charge on any atom is 0.228 e. The van der Waals surface area contributed by atoms with Gasteiger partial charge in [-0.25, -0.2) is 4.39 Å². The van der Waals surface area contributed by atoms with Crippen molar-refractivity contribution in [1.29, 1.82) is 0 Å². The lowest BCUT2D eigenvalue weighted by atomic mass is 9.74. The fourth-order valence-electron chi connectivity index (χ4n) is 4.46. The average Bonchev–Trinajstić information content (AvgIpc) is 3.57. The molecule has 2 aromatic carbocycles. The van der Waals surface area contributed by atoms with Crippen LogP contribution in [0.3, 0.4) is 0 Å². The molecule has 1 atom stereocenters. The highest BCUT2D eigenvalue weighted by atomic mass is 19.1. The Bertz CT molecular complexity index is 940. The molecular weight excluding hydrogens is 379 g/mol. The van der Waals surface area contributed by atoms with Gasteiger partial charge in [-0.1, -0.05) is 43.3 Å². The molecule has 4 nitrogen and oxygen atoms in total. The van der Waals surface area contributed by atoms with Crippen LogP contribution < -0.4 is 5.32 Å². The molecule has 2 aromatic rings. The van der Waals surface area contributed by atoms with Gasteiger partial charge in [0.05, 0.1) is 5.41 Å². The Morgan fingerprint density at radius 3 is 2.57 bits per heavy atom. The molecule has 1 N–H and O–H groups in total. The molecule has 1 unspecified atom stereocenters. The van der Waals surface area contributed by atoms with Crippen molar-refractivity contribution < 1.29 is 14.0 Å². The Morgan fingerprint density at radius 1 is 1.13 bits per heavy atom. The first-order chi connectivity index (χ1) is 14.5. The Balaban J connectivity index is 1.62. The molecule has 1 saturated carbocycles. The van der Waals surface area contributed by atoms with E-state index in [0.29, 0.717) is 25.9 Å². The first-order valence-corrected chi connectivity index (χ1v) is 10.9. The quantitative estimate of drug-likeness (QED) is 0.773. The first kappa shape index (κ1) is 20.6. The van der Waals surface area contributed by atoms with Crippen LogP contribution in [-0.2, 0) is 16.0 Å². The summed E-state index contributed by atoms with van der Waals surface area (Å²) >= 11 is 0. The van der Waals surface area contributed by atoms with E-state index in [2.05, 4.69) is 5.32 Å². The molecule has 1 heterocycles. The van der Waals surface area contributed by atoms with Crippen LogP contribution in [0.1, 0.15) is 44.6 Å². The molecule has 158 valence electrons. The van der Waals surface area contributed by atoms with Gasteiger partial charge in [0.25, 0.3) is 0 Å². The lowest BCUT2D eigenvalue weighted by molar-refractivity contribution is -0.141. The summed E-state index contributed by atoms with van der Waals surface area (Å²) in [7, 11) is 0. The van der Waals surface area contributed by atoms with Crippen molar-refractivity contribution in [3.05, 3.63) is 59.9 Å². The van der Waals surface area contributed by atoms with Gasteiger partial charge < -0.3 is 10.2 Å². The summed E-state index contributed by atoms with van der Waals surface area (Å²) in [5.74, 6) is -0.0965. The third-order valence-electron chi connectivity index (χ3n) is 6.25. The molecule has 4 rings (SSSR count). The summed E-state index contributed by atoms with van der Waals surface area (Å²) in [5, 5.41) is 3.19. The zero-order chi connectivity index (χ0) is 21.1. The Kier molecular flexibility index (Phi) is 5.89. The molecule has 30 heavy (non-hydrogen) atoms. The van der Waals surface area contributed by atoms with Crippen molar-refractivity contribution in [3.8, 4) is 11.1 Å². The van der Waals surface area contributed by atoms with Crippen LogP contribution >= 0.6 is 0 Å². The number of nitrogens with one attached hydrogen (secondary N) is 1. The van der Waals surface area contributed by atoms with Crippen molar-refractivity contribution >= 4 is 11.8 Å². The van der Waals surface area contributed by atoms with Gasteiger partial charge in [-0.15, -0.1) is 0 Å². The second kappa shape index (κ2) is 8.58. The van der Waals surface area contributed by atoms with E-state index >= 15 is 0 Å². The average molecular weight is 409 g/mol. The third kappa shape index (κ3) is 4.55. The summed E-state index contributed by atoms with van der Waals surface area (Å²) in [6, 6.07) is 14.8. The summed E-state index contributed by atoms with van der Waals surface area (Å²) in [6.07, 6.45) is 4.69. The lowest BCUT2D eigenvalue weighted by Gasteiger charge is -2.42. The molecule has 5 heteroatoms. The predicted molar refractivity (Wildman–Crippen MR) is 115 cm³/mol. The number of carbonyl (C=O) groups excluding carboxylic acids is 2. The highest BCUT2D eigenvalue weighted by Gasteiger charge is 2.44. The summed E-state index contributed by atoms with van der Waals surface area (Å²) in [4.78, 5) is 27.6. The van der Waals surface area contributed by atoms with Gasteiger partial charge in [-0.3, -0.25) is 9.59 Å². The van der Waals surface area contributed by atoms with Gasteiger partial charge in [-0.2, -0.15) is 0 Å². The van der Waals surface area contributed by atoms with Gasteiger partial charge in [0, 0.05) is 25.6 Å². The van der Waals surface area contributed by atoms with Crippen LogP contribution in [0.15, 0.2) is 48.5 Å². The van der Waals surface area contributed by atoms with Crippen molar-refractivity contribution in [1.82, 2.24) is 10.2 Å². The Labute approximate surface area is 177 Å². The van der Waals surface area contributed by atoms with Crippen LogP contribution in [0, 0.1) is 11.2 Å². The minimum Gasteiger partial charge on any atom is -0.353 e. The molecule has 2 amide bonds. The molecule has 0 bridgehead atoms. The predicted octanol–water partition coefficient (Wildman–Crippen LogP) is 4.33. The number of carbonyl (C=O) groups is 2. The number of hydrogen-bond acceptors (Lipinski definition) is 2. The molecule has 0 aromatic heterocycles. The van der Waals surface area contributed by atoms with E-state index in [4.69, 9.17) is 0 Å². The fourth-order valence-corrected chi connectivity index (χ4v) is 4.46. The molecule has 2 aliphatic rings. The van der Waals surface area contributed by atoms with E-state index in [-0.39, 0.29) is 23.7 Å². The summed E-state index contributed by atoms with van der Waals surface area (Å²) < 4.78 is 13.7. The highest BCUT2D eigenvalue weighted by molar-refractivity contribution is 5.85. The molecule has 1 saturated heterocycles. The van der Waals surface area contributed by atoms with E-state index in [9.17, 15) is 14.0 Å². The van der Waals surface area contributed by atoms with Gasteiger partial charge >= 0.3 is 0 Å². The minimum atomic E-state index is -0.619. The van der Waals surface area contributed by atoms with E-state index in [0.717, 1.165) is 42.4 Å². The Hall–Kier alpha value is -2.69. The number of benzene rings is 2. The first-order valence-electron chi connectivity index (χ1n) is 10.9. The second-order valence-electron chi connectivity index (χ2n) is 8.69. The van der Waals surface area contributed by atoms with Crippen molar-refractivity contribution in [2.75, 3.05) is 13.1 Å². The van der Waals surface area contributed by atoms with Gasteiger partial charge in [0.1, 0.15) is 5.82 Å². The molecule has 0 radical (unpaired) electrons. The SMILES string of the molecule is CCC(=O)N1CCCC(Cc2cccc(-c3cccc(F)c3)c2)(C(=O)NC2CC2)C1. The van der Waals surface area contributed by atoms with Crippen molar-refractivity contribution in [2.24, 2.45) is 5.41 Å². The number of piperidine rings is 1. The second-order valence-corrected chi connectivity index (χ2v) is 8.69. The van der Waals surface area contributed by atoms with E-state index in [1.165, 1.54) is 12.1 Å². The molecule has 1 aliphatic heterocycles.